The van der Waals surface area contributed by atoms with E-state index >= 15 is 0 Å². The van der Waals surface area contributed by atoms with E-state index in [1.54, 1.807) is 18.2 Å². The van der Waals surface area contributed by atoms with E-state index in [1.165, 1.54) is 12.8 Å². The number of rotatable bonds is 3. The third kappa shape index (κ3) is 3.39. The average molecular weight is 347 g/mol. The fraction of sp³-hybridized carbons (Fsp3) is 0.267. The summed E-state index contributed by atoms with van der Waals surface area (Å²) in [6.45, 7) is 2.05. The Morgan fingerprint density at radius 3 is 2.38 bits per heavy atom. The molecule has 3 rings (SSSR count). The van der Waals surface area contributed by atoms with Gasteiger partial charge in [-0.3, -0.25) is 4.79 Å². The number of anilines is 2. The standard InChI is InChI=1S/C15H15BrN4O/c16-12-5-3-11(4-6-12)15(21)17-13-7-8-14(19-18-13)20-9-1-2-10-20/h3-8H,1-2,9-10H2,(H,17,18,21). The molecule has 108 valence electrons. The highest BCUT2D eigenvalue weighted by molar-refractivity contribution is 9.10. The van der Waals surface area contributed by atoms with E-state index in [-0.39, 0.29) is 5.91 Å². The van der Waals surface area contributed by atoms with E-state index in [0.29, 0.717) is 11.4 Å². The first-order chi connectivity index (χ1) is 10.2. The van der Waals surface area contributed by atoms with Crippen molar-refractivity contribution < 1.29 is 4.79 Å². The Balaban J connectivity index is 1.67. The van der Waals surface area contributed by atoms with Crippen molar-refractivity contribution in [2.24, 2.45) is 0 Å². The van der Waals surface area contributed by atoms with E-state index in [1.807, 2.05) is 18.2 Å². The molecule has 0 atom stereocenters. The van der Waals surface area contributed by atoms with Gasteiger partial charge in [-0.25, -0.2) is 0 Å². The number of carbonyl (C=O) groups excluding carboxylic acids is 1. The molecule has 1 aromatic carbocycles. The second kappa shape index (κ2) is 6.22. The summed E-state index contributed by atoms with van der Waals surface area (Å²) < 4.78 is 0.939. The molecule has 0 bridgehead atoms. The van der Waals surface area contributed by atoms with Gasteiger partial charge in [0.2, 0.25) is 0 Å². The summed E-state index contributed by atoms with van der Waals surface area (Å²) in [5, 5.41) is 11.0. The first-order valence-electron chi connectivity index (χ1n) is 6.88. The van der Waals surface area contributed by atoms with Gasteiger partial charge in [-0.15, -0.1) is 10.2 Å². The van der Waals surface area contributed by atoms with Gasteiger partial charge < -0.3 is 10.2 Å². The summed E-state index contributed by atoms with van der Waals surface area (Å²) in [4.78, 5) is 14.3. The zero-order valence-electron chi connectivity index (χ0n) is 11.4. The lowest BCUT2D eigenvalue weighted by molar-refractivity contribution is 0.102. The number of carbonyl (C=O) groups is 1. The van der Waals surface area contributed by atoms with Crippen LogP contribution in [0.2, 0.25) is 0 Å². The topological polar surface area (TPSA) is 58.1 Å². The maximum Gasteiger partial charge on any atom is 0.256 e. The van der Waals surface area contributed by atoms with Gasteiger partial charge in [-0.2, -0.15) is 0 Å². The number of benzene rings is 1. The minimum atomic E-state index is -0.189. The molecule has 0 unspecified atom stereocenters. The molecule has 6 heteroatoms. The lowest BCUT2D eigenvalue weighted by atomic mass is 10.2. The predicted molar refractivity (Wildman–Crippen MR) is 85.6 cm³/mol. The Kier molecular flexibility index (Phi) is 4.15. The van der Waals surface area contributed by atoms with Crippen LogP contribution in [0.3, 0.4) is 0 Å². The molecule has 1 aliphatic rings. The highest BCUT2D eigenvalue weighted by Gasteiger charge is 2.14. The van der Waals surface area contributed by atoms with Crippen LogP contribution in [0.5, 0.6) is 0 Å². The summed E-state index contributed by atoms with van der Waals surface area (Å²) in [7, 11) is 0. The number of nitrogens with one attached hydrogen (secondary N) is 1. The van der Waals surface area contributed by atoms with Gasteiger partial charge >= 0.3 is 0 Å². The van der Waals surface area contributed by atoms with Gasteiger partial charge in [0.1, 0.15) is 0 Å². The fourth-order valence-electron chi connectivity index (χ4n) is 2.30. The first-order valence-corrected chi connectivity index (χ1v) is 7.67. The summed E-state index contributed by atoms with van der Waals surface area (Å²) in [5.41, 5.74) is 0.587. The van der Waals surface area contributed by atoms with Crippen molar-refractivity contribution in [1.82, 2.24) is 10.2 Å². The minimum absolute atomic E-state index is 0.189. The van der Waals surface area contributed by atoms with Gasteiger partial charge in [0.25, 0.3) is 5.91 Å². The highest BCUT2D eigenvalue weighted by atomic mass is 79.9. The molecule has 5 nitrogen and oxygen atoms in total. The molecular formula is C15H15BrN4O. The van der Waals surface area contributed by atoms with Crippen molar-refractivity contribution in [3.63, 3.8) is 0 Å². The van der Waals surface area contributed by atoms with Crippen LogP contribution in [0.1, 0.15) is 23.2 Å². The summed E-state index contributed by atoms with van der Waals surface area (Å²) in [5.74, 6) is 1.14. The molecule has 1 N–H and O–H groups in total. The first kappa shape index (κ1) is 14.0. The van der Waals surface area contributed by atoms with Gasteiger partial charge in [0.05, 0.1) is 0 Å². The summed E-state index contributed by atoms with van der Waals surface area (Å²) in [6.07, 6.45) is 2.40. The smallest absolute Gasteiger partial charge is 0.256 e. The van der Waals surface area contributed by atoms with Crippen LogP contribution >= 0.6 is 15.9 Å². The SMILES string of the molecule is O=C(Nc1ccc(N2CCCC2)nn1)c1ccc(Br)cc1. The zero-order chi connectivity index (χ0) is 14.7. The quantitative estimate of drug-likeness (QED) is 0.927. The molecule has 0 spiro atoms. The summed E-state index contributed by atoms with van der Waals surface area (Å²) in [6, 6.07) is 10.9. The number of nitrogens with zero attached hydrogens (tertiary/aromatic N) is 3. The van der Waals surface area contributed by atoms with E-state index in [9.17, 15) is 4.79 Å². The van der Waals surface area contributed by atoms with Crippen molar-refractivity contribution in [1.29, 1.82) is 0 Å². The second-order valence-corrected chi connectivity index (χ2v) is 5.85. The Morgan fingerprint density at radius 1 is 1.05 bits per heavy atom. The molecular weight excluding hydrogens is 332 g/mol. The van der Waals surface area contributed by atoms with E-state index < -0.39 is 0 Å². The van der Waals surface area contributed by atoms with E-state index in [2.05, 4.69) is 36.3 Å². The van der Waals surface area contributed by atoms with Gasteiger partial charge in [-0.05, 0) is 49.2 Å². The van der Waals surface area contributed by atoms with Crippen LogP contribution in [0.25, 0.3) is 0 Å². The zero-order valence-corrected chi connectivity index (χ0v) is 13.0. The van der Waals surface area contributed by atoms with Crippen LogP contribution in [0.4, 0.5) is 11.6 Å². The maximum absolute atomic E-state index is 12.1. The van der Waals surface area contributed by atoms with Crippen molar-refractivity contribution in [2.45, 2.75) is 12.8 Å². The number of hydrogen-bond donors (Lipinski definition) is 1. The van der Waals surface area contributed by atoms with E-state index in [0.717, 1.165) is 23.4 Å². The van der Waals surface area contributed by atoms with Gasteiger partial charge in [-0.1, -0.05) is 15.9 Å². The predicted octanol–water partition coefficient (Wildman–Crippen LogP) is 3.09. The van der Waals surface area contributed by atoms with Crippen LogP contribution < -0.4 is 10.2 Å². The molecule has 2 aromatic rings. The van der Waals surface area contributed by atoms with Crippen LogP contribution in [-0.2, 0) is 0 Å². The van der Waals surface area contributed by atoms with Crippen LogP contribution in [-0.4, -0.2) is 29.2 Å². The molecule has 1 saturated heterocycles. The molecule has 0 radical (unpaired) electrons. The highest BCUT2D eigenvalue weighted by Crippen LogP contribution is 2.18. The number of hydrogen-bond acceptors (Lipinski definition) is 4. The fourth-order valence-corrected chi connectivity index (χ4v) is 2.56. The molecule has 0 aliphatic carbocycles. The number of amides is 1. The van der Waals surface area contributed by atoms with Crippen LogP contribution in [0.15, 0.2) is 40.9 Å². The Labute approximate surface area is 131 Å². The van der Waals surface area contributed by atoms with Crippen molar-refractivity contribution >= 4 is 33.5 Å². The molecule has 2 heterocycles. The second-order valence-electron chi connectivity index (χ2n) is 4.93. The molecule has 1 amide bonds. The lowest BCUT2D eigenvalue weighted by Gasteiger charge is -2.15. The maximum atomic E-state index is 12.1. The number of aromatic nitrogens is 2. The number of halogens is 1. The molecule has 1 fully saturated rings. The van der Waals surface area contributed by atoms with Crippen LogP contribution in [0, 0.1) is 0 Å². The average Bonchev–Trinajstić information content (AvgIpc) is 3.03. The van der Waals surface area contributed by atoms with Crippen molar-refractivity contribution in [3.8, 4) is 0 Å². The van der Waals surface area contributed by atoms with Gasteiger partial charge in [0, 0.05) is 23.1 Å². The Hall–Kier alpha value is -1.95. The third-order valence-corrected chi connectivity index (χ3v) is 3.96. The van der Waals surface area contributed by atoms with Crippen molar-refractivity contribution in [2.75, 3.05) is 23.3 Å². The molecule has 1 aliphatic heterocycles. The Morgan fingerprint density at radius 2 is 1.76 bits per heavy atom. The monoisotopic (exact) mass is 346 g/mol. The van der Waals surface area contributed by atoms with Gasteiger partial charge in [0.15, 0.2) is 11.6 Å². The Bertz CT molecular complexity index is 621. The minimum Gasteiger partial charge on any atom is -0.355 e. The molecule has 1 aromatic heterocycles. The van der Waals surface area contributed by atoms with Crippen molar-refractivity contribution in [3.05, 3.63) is 46.4 Å². The third-order valence-electron chi connectivity index (χ3n) is 3.43. The van der Waals surface area contributed by atoms with E-state index in [4.69, 9.17) is 0 Å². The normalized spacial score (nSPS) is 14.2. The summed E-state index contributed by atoms with van der Waals surface area (Å²) >= 11 is 3.34. The lowest BCUT2D eigenvalue weighted by Crippen LogP contribution is -2.20. The molecule has 0 saturated carbocycles. The largest absolute Gasteiger partial charge is 0.355 e. The molecule has 21 heavy (non-hydrogen) atoms.